The summed E-state index contributed by atoms with van der Waals surface area (Å²) in [4.78, 5) is 25.6. The van der Waals surface area contributed by atoms with Crippen LogP contribution >= 0.6 is 54.5 Å². The van der Waals surface area contributed by atoms with Gasteiger partial charge < -0.3 is 10.6 Å². The van der Waals surface area contributed by atoms with Crippen LogP contribution in [0.4, 0.5) is 11.4 Å². The maximum atomic E-state index is 12.3. The number of rotatable bonds is 4. The van der Waals surface area contributed by atoms with E-state index in [4.69, 9.17) is 0 Å². The standard InChI is InChI=1S/C16H10Br2N2O2S2/c17-11-8-13(24-14(11)18)16(22)20-10-4-1-3-9(7-10)19-15(21)12-5-2-6-23-12/h1-8H,(H,19,21)(H,20,22). The van der Waals surface area contributed by atoms with E-state index in [0.29, 0.717) is 21.1 Å². The molecule has 0 aliphatic carbocycles. The molecule has 0 saturated heterocycles. The van der Waals surface area contributed by atoms with Crippen molar-refractivity contribution in [2.45, 2.75) is 0 Å². The van der Waals surface area contributed by atoms with Gasteiger partial charge in [0.05, 0.1) is 13.5 Å². The van der Waals surface area contributed by atoms with Gasteiger partial charge in [0.1, 0.15) is 0 Å². The van der Waals surface area contributed by atoms with Crippen LogP contribution in [-0.4, -0.2) is 11.8 Å². The first kappa shape index (κ1) is 17.3. The molecule has 3 aromatic rings. The molecule has 0 spiro atoms. The van der Waals surface area contributed by atoms with E-state index in [0.717, 1.165) is 8.26 Å². The van der Waals surface area contributed by atoms with Gasteiger partial charge in [0.15, 0.2) is 0 Å². The molecule has 0 saturated carbocycles. The quantitative estimate of drug-likeness (QED) is 0.487. The van der Waals surface area contributed by atoms with Crippen molar-refractivity contribution >= 4 is 77.7 Å². The topological polar surface area (TPSA) is 58.2 Å². The summed E-state index contributed by atoms with van der Waals surface area (Å²) in [5.74, 6) is -0.368. The second-order valence-electron chi connectivity index (χ2n) is 4.70. The molecule has 2 aromatic heterocycles. The minimum atomic E-state index is -0.201. The Bertz CT molecular complexity index is 872. The highest BCUT2D eigenvalue weighted by atomic mass is 79.9. The van der Waals surface area contributed by atoms with Crippen molar-refractivity contribution in [2.75, 3.05) is 10.6 Å². The Balaban J connectivity index is 1.71. The van der Waals surface area contributed by atoms with Crippen LogP contribution in [0.5, 0.6) is 0 Å². The number of benzene rings is 1. The van der Waals surface area contributed by atoms with Crippen molar-refractivity contribution in [2.24, 2.45) is 0 Å². The lowest BCUT2D eigenvalue weighted by Gasteiger charge is -2.07. The molecule has 24 heavy (non-hydrogen) atoms. The second kappa shape index (κ2) is 7.60. The smallest absolute Gasteiger partial charge is 0.265 e. The van der Waals surface area contributed by atoms with Gasteiger partial charge in [0, 0.05) is 15.8 Å². The molecular weight excluding hydrogens is 476 g/mol. The highest BCUT2D eigenvalue weighted by Gasteiger charge is 2.13. The molecule has 0 radical (unpaired) electrons. The summed E-state index contributed by atoms with van der Waals surface area (Å²) < 4.78 is 1.71. The molecular formula is C16H10Br2N2O2S2. The molecule has 2 heterocycles. The van der Waals surface area contributed by atoms with E-state index in [1.807, 2.05) is 11.4 Å². The number of halogens is 2. The highest BCUT2D eigenvalue weighted by Crippen LogP contribution is 2.32. The van der Waals surface area contributed by atoms with Gasteiger partial charge in [-0.15, -0.1) is 22.7 Å². The van der Waals surface area contributed by atoms with Gasteiger partial charge in [-0.3, -0.25) is 9.59 Å². The van der Waals surface area contributed by atoms with E-state index < -0.39 is 0 Å². The van der Waals surface area contributed by atoms with Gasteiger partial charge in [0.25, 0.3) is 11.8 Å². The van der Waals surface area contributed by atoms with Crippen molar-refractivity contribution in [3.63, 3.8) is 0 Å². The van der Waals surface area contributed by atoms with Gasteiger partial charge in [-0.2, -0.15) is 0 Å². The van der Waals surface area contributed by atoms with Crippen molar-refractivity contribution in [1.82, 2.24) is 0 Å². The van der Waals surface area contributed by atoms with Crippen LogP contribution in [0.2, 0.25) is 0 Å². The first-order valence-corrected chi connectivity index (χ1v) is 10.0. The Morgan fingerprint density at radius 2 is 1.54 bits per heavy atom. The van der Waals surface area contributed by atoms with Gasteiger partial charge in [-0.25, -0.2) is 0 Å². The maximum Gasteiger partial charge on any atom is 0.265 e. The lowest BCUT2D eigenvalue weighted by Crippen LogP contribution is -2.12. The Morgan fingerprint density at radius 1 is 0.875 bits per heavy atom. The van der Waals surface area contributed by atoms with Crippen LogP contribution in [-0.2, 0) is 0 Å². The van der Waals surface area contributed by atoms with Crippen LogP contribution in [0.25, 0.3) is 0 Å². The summed E-state index contributed by atoms with van der Waals surface area (Å²) in [5, 5.41) is 7.50. The van der Waals surface area contributed by atoms with Crippen molar-refractivity contribution in [1.29, 1.82) is 0 Å². The molecule has 4 nitrogen and oxygen atoms in total. The van der Waals surface area contributed by atoms with Crippen molar-refractivity contribution < 1.29 is 9.59 Å². The van der Waals surface area contributed by atoms with Gasteiger partial charge >= 0.3 is 0 Å². The van der Waals surface area contributed by atoms with Crippen LogP contribution in [0.1, 0.15) is 19.3 Å². The largest absolute Gasteiger partial charge is 0.321 e. The number of thiophene rings is 2. The molecule has 2 N–H and O–H groups in total. The normalized spacial score (nSPS) is 10.4. The summed E-state index contributed by atoms with van der Waals surface area (Å²) >= 11 is 9.46. The number of hydrogen-bond donors (Lipinski definition) is 2. The van der Waals surface area contributed by atoms with Gasteiger partial charge in [-0.05, 0) is 67.6 Å². The summed E-state index contributed by atoms with van der Waals surface area (Å²) in [6.45, 7) is 0. The molecule has 0 fully saturated rings. The third-order valence-corrected chi connectivity index (χ3v) is 7.12. The molecule has 0 aliphatic rings. The van der Waals surface area contributed by atoms with Crippen LogP contribution < -0.4 is 10.6 Å². The molecule has 0 unspecified atom stereocenters. The van der Waals surface area contributed by atoms with Crippen LogP contribution in [0.15, 0.2) is 56.1 Å². The first-order chi connectivity index (χ1) is 11.5. The fourth-order valence-corrected chi connectivity index (χ4v) is 4.48. The third kappa shape index (κ3) is 4.13. The average Bonchev–Trinajstić information content (AvgIpc) is 3.18. The molecule has 0 aliphatic heterocycles. The zero-order chi connectivity index (χ0) is 17.1. The van der Waals surface area contributed by atoms with Crippen LogP contribution in [0, 0.1) is 0 Å². The molecule has 3 rings (SSSR count). The monoisotopic (exact) mass is 484 g/mol. The van der Waals surface area contributed by atoms with Gasteiger partial charge in [-0.1, -0.05) is 12.1 Å². The fraction of sp³-hybridized carbons (Fsp3) is 0. The second-order valence-corrected chi connectivity index (χ2v) is 8.87. The number of hydrogen-bond acceptors (Lipinski definition) is 4. The van der Waals surface area contributed by atoms with Crippen molar-refractivity contribution in [3.05, 3.63) is 65.9 Å². The lowest BCUT2D eigenvalue weighted by atomic mass is 10.2. The number of nitrogens with one attached hydrogen (secondary N) is 2. The predicted molar refractivity (Wildman–Crippen MR) is 106 cm³/mol. The molecule has 122 valence electrons. The van der Waals surface area contributed by atoms with E-state index >= 15 is 0 Å². The summed E-state index contributed by atoms with van der Waals surface area (Å²) in [6, 6.07) is 12.4. The fourth-order valence-electron chi connectivity index (χ4n) is 1.93. The summed E-state index contributed by atoms with van der Waals surface area (Å²) in [7, 11) is 0. The zero-order valence-corrected chi connectivity index (χ0v) is 16.8. The number of anilines is 2. The van der Waals surface area contributed by atoms with E-state index in [9.17, 15) is 9.59 Å². The Labute approximate surface area is 163 Å². The molecule has 8 heteroatoms. The van der Waals surface area contributed by atoms with E-state index in [-0.39, 0.29) is 11.8 Å². The average molecular weight is 486 g/mol. The van der Waals surface area contributed by atoms with Gasteiger partial charge in [0.2, 0.25) is 0 Å². The summed E-state index contributed by atoms with van der Waals surface area (Å²) in [6.07, 6.45) is 0. The number of carbonyl (C=O) groups excluding carboxylic acids is 2. The van der Waals surface area contributed by atoms with E-state index in [2.05, 4.69) is 42.5 Å². The Hall–Kier alpha value is -1.48. The first-order valence-electron chi connectivity index (χ1n) is 6.74. The highest BCUT2D eigenvalue weighted by molar-refractivity contribution is 9.13. The Morgan fingerprint density at radius 3 is 2.08 bits per heavy atom. The lowest BCUT2D eigenvalue weighted by molar-refractivity contribution is 0.102. The molecule has 0 atom stereocenters. The number of amides is 2. The number of carbonyl (C=O) groups is 2. The van der Waals surface area contributed by atoms with E-state index in [1.165, 1.54) is 22.7 Å². The summed E-state index contributed by atoms with van der Waals surface area (Å²) in [5.41, 5.74) is 1.24. The molecule has 0 bridgehead atoms. The molecule has 2 amide bonds. The Kier molecular flexibility index (Phi) is 5.50. The van der Waals surface area contributed by atoms with Crippen molar-refractivity contribution in [3.8, 4) is 0 Å². The van der Waals surface area contributed by atoms with E-state index in [1.54, 1.807) is 36.4 Å². The molecule has 1 aromatic carbocycles. The third-order valence-electron chi connectivity index (χ3n) is 2.99. The SMILES string of the molecule is O=C(Nc1cccc(NC(=O)c2cc(Br)c(Br)s2)c1)c1cccs1. The van der Waals surface area contributed by atoms with Crippen LogP contribution in [0.3, 0.4) is 0 Å². The zero-order valence-electron chi connectivity index (χ0n) is 12.0. The minimum Gasteiger partial charge on any atom is -0.321 e. The minimum absolute atomic E-state index is 0.167. The maximum absolute atomic E-state index is 12.3. The predicted octanol–water partition coefficient (Wildman–Crippen LogP) is 5.84.